The predicted octanol–water partition coefficient (Wildman–Crippen LogP) is 3.94. The molecule has 4 aliphatic rings. The number of primary amides is 2. The first-order valence-electron chi connectivity index (χ1n) is 12.2. The SMILES string of the molecule is NC(=O)[C@]1(CCCCN2CCCC2)[C@@H]2C=C[C@@H](C23CC3)[C@@]1(Cc1ccc(F)c(Br)c1)C(N)=O. The van der Waals surface area contributed by atoms with Gasteiger partial charge in [0.15, 0.2) is 0 Å². The van der Waals surface area contributed by atoms with E-state index in [1.807, 2.05) is 0 Å². The molecule has 2 saturated carbocycles. The quantitative estimate of drug-likeness (QED) is 0.384. The second-order valence-corrected chi connectivity index (χ2v) is 11.5. The average molecular weight is 518 g/mol. The summed E-state index contributed by atoms with van der Waals surface area (Å²) in [6, 6.07) is 4.79. The van der Waals surface area contributed by atoms with Crippen molar-refractivity contribution in [2.24, 2.45) is 39.5 Å². The zero-order valence-corrected chi connectivity index (χ0v) is 20.6. The Balaban J connectivity index is 1.52. The summed E-state index contributed by atoms with van der Waals surface area (Å²) in [7, 11) is 0. The van der Waals surface area contributed by atoms with Crippen LogP contribution in [0, 0.1) is 33.9 Å². The first kappa shape index (κ1) is 23.0. The van der Waals surface area contributed by atoms with E-state index in [1.54, 1.807) is 12.1 Å². The van der Waals surface area contributed by atoms with Gasteiger partial charge in [0.25, 0.3) is 0 Å². The summed E-state index contributed by atoms with van der Waals surface area (Å²) < 4.78 is 14.3. The van der Waals surface area contributed by atoms with Crippen molar-refractivity contribution in [3.63, 3.8) is 0 Å². The maximum atomic E-state index is 13.9. The van der Waals surface area contributed by atoms with E-state index < -0.39 is 22.6 Å². The van der Waals surface area contributed by atoms with Gasteiger partial charge < -0.3 is 16.4 Å². The summed E-state index contributed by atoms with van der Waals surface area (Å²) >= 11 is 3.27. The number of rotatable bonds is 9. The third-order valence-corrected chi connectivity index (χ3v) is 9.87. The number of hydrogen-bond donors (Lipinski definition) is 2. The molecule has 2 amide bonds. The molecule has 2 bridgehead atoms. The maximum absolute atomic E-state index is 13.9. The van der Waals surface area contributed by atoms with Gasteiger partial charge in [0.05, 0.1) is 15.3 Å². The van der Waals surface area contributed by atoms with Crippen LogP contribution in [0.2, 0.25) is 0 Å². The number of hydrogen-bond acceptors (Lipinski definition) is 3. The Kier molecular flexibility index (Phi) is 5.72. The topological polar surface area (TPSA) is 89.4 Å². The van der Waals surface area contributed by atoms with Gasteiger partial charge in [0.1, 0.15) is 5.82 Å². The highest BCUT2D eigenvalue weighted by molar-refractivity contribution is 9.10. The lowest BCUT2D eigenvalue weighted by molar-refractivity contribution is -0.151. The van der Waals surface area contributed by atoms with Crippen LogP contribution in [0.4, 0.5) is 4.39 Å². The van der Waals surface area contributed by atoms with Crippen LogP contribution in [0.5, 0.6) is 0 Å². The zero-order chi connectivity index (χ0) is 23.4. The molecule has 3 aliphatic carbocycles. The number of benzene rings is 1. The normalized spacial score (nSPS) is 33.8. The lowest BCUT2D eigenvalue weighted by atomic mass is 9.53. The van der Waals surface area contributed by atoms with Crippen LogP contribution in [-0.2, 0) is 16.0 Å². The maximum Gasteiger partial charge on any atom is 0.225 e. The lowest BCUT2D eigenvalue weighted by Crippen LogP contribution is -2.60. The third kappa shape index (κ3) is 3.25. The molecule has 1 saturated heterocycles. The molecule has 4 atom stereocenters. The Morgan fingerprint density at radius 2 is 1.67 bits per heavy atom. The highest BCUT2D eigenvalue weighted by Crippen LogP contribution is 2.81. The van der Waals surface area contributed by atoms with Gasteiger partial charge in [-0.05, 0) is 115 Å². The summed E-state index contributed by atoms with van der Waals surface area (Å²) in [5.74, 6) is -1.39. The number of allylic oxidation sites excluding steroid dienone is 2. The van der Waals surface area contributed by atoms with Gasteiger partial charge in [-0.25, -0.2) is 4.39 Å². The van der Waals surface area contributed by atoms with E-state index in [0.29, 0.717) is 17.3 Å². The highest BCUT2D eigenvalue weighted by Gasteiger charge is 2.81. The number of likely N-dealkylation sites (tertiary alicyclic amines) is 1. The Hall–Kier alpha value is -1.73. The number of carbonyl (C=O) groups excluding carboxylic acids is 2. The lowest BCUT2D eigenvalue weighted by Gasteiger charge is -2.48. The molecule has 5 rings (SSSR count). The van der Waals surface area contributed by atoms with Crippen LogP contribution >= 0.6 is 15.9 Å². The molecule has 1 aliphatic heterocycles. The first-order valence-corrected chi connectivity index (χ1v) is 13.0. The van der Waals surface area contributed by atoms with Crippen LogP contribution < -0.4 is 11.5 Å². The average Bonchev–Trinajstić information content (AvgIpc) is 3.14. The molecule has 178 valence electrons. The van der Waals surface area contributed by atoms with E-state index in [2.05, 4.69) is 33.0 Å². The molecule has 5 nitrogen and oxygen atoms in total. The largest absolute Gasteiger partial charge is 0.369 e. The Morgan fingerprint density at radius 1 is 1.03 bits per heavy atom. The minimum absolute atomic E-state index is 0.0596. The molecule has 1 heterocycles. The van der Waals surface area contributed by atoms with E-state index in [4.69, 9.17) is 11.5 Å². The van der Waals surface area contributed by atoms with E-state index >= 15 is 0 Å². The monoisotopic (exact) mass is 517 g/mol. The van der Waals surface area contributed by atoms with E-state index in [1.165, 1.54) is 18.9 Å². The van der Waals surface area contributed by atoms with Gasteiger partial charge in [-0.3, -0.25) is 9.59 Å². The standard InChI is InChI=1S/C26H33BrFN3O2/c27-18-15-17(5-6-19(18)28)16-26(23(30)33)21-8-7-20(24(21)10-11-24)25(26,22(29)32)9-1-2-12-31-13-3-4-14-31/h5-8,15,20-21H,1-4,9-14,16H2,(H2,29,32)(H2,30,33)/t20-,21+,25+,26+/m1/s1. The molecule has 0 radical (unpaired) electrons. The van der Waals surface area contributed by atoms with Crippen LogP contribution in [-0.4, -0.2) is 36.3 Å². The summed E-state index contributed by atoms with van der Waals surface area (Å²) in [5.41, 5.74) is 11.1. The van der Waals surface area contributed by atoms with Crippen molar-refractivity contribution < 1.29 is 14.0 Å². The Morgan fingerprint density at radius 3 is 2.24 bits per heavy atom. The molecule has 3 fully saturated rings. The van der Waals surface area contributed by atoms with Crippen molar-refractivity contribution in [2.45, 2.75) is 51.4 Å². The summed E-state index contributed by atoms with van der Waals surface area (Å²) in [6.45, 7) is 3.29. The van der Waals surface area contributed by atoms with E-state index in [9.17, 15) is 14.0 Å². The molecular weight excluding hydrogens is 485 g/mol. The zero-order valence-electron chi connectivity index (χ0n) is 19.0. The van der Waals surface area contributed by atoms with Crippen LogP contribution in [0.25, 0.3) is 0 Å². The fraction of sp³-hybridized carbons (Fsp3) is 0.615. The van der Waals surface area contributed by atoms with Gasteiger partial charge in [0.2, 0.25) is 11.8 Å². The van der Waals surface area contributed by atoms with E-state index in [-0.39, 0.29) is 23.1 Å². The van der Waals surface area contributed by atoms with Crippen molar-refractivity contribution in [3.05, 3.63) is 46.2 Å². The van der Waals surface area contributed by atoms with Crippen LogP contribution in [0.3, 0.4) is 0 Å². The van der Waals surface area contributed by atoms with Crippen molar-refractivity contribution in [3.8, 4) is 0 Å². The number of carbonyl (C=O) groups is 2. The second kappa shape index (κ2) is 8.19. The Labute approximate surface area is 203 Å². The van der Waals surface area contributed by atoms with Gasteiger partial charge >= 0.3 is 0 Å². The molecule has 1 aromatic carbocycles. The van der Waals surface area contributed by atoms with Crippen molar-refractivity contribution in [1.82, 2.24) is 4.90 Å². The molecule has 0 unspecified atom stereocenters. The smallest absolute Gasteiger partial charge is 0.225 e. The predicted molar refractivity (Wildman–Crippen MR) is 128 cm³/mol. The second-order valence-electron chi connectivity index (χ2n) is 10.7. The van der Waals surface area contributed by atoms with Gasteiger partial charge in [-0.2, -0.15) is 0 Å². The fourth-order valence-electron chi connectivity index (χ4n) is 7.75. The number of nitrogens with zero attached hydrogens (tertiary/aromatic N) is 1. The molecule has 7 heteroatoms. The van der Waals surface area contributed by atoms with Crippen molar-refractivity contribution in [2.75, 3.05) is 19.6 Å². The highest BCUT2D eigenvalue weighted by atomic mass is 79.9. The number of unbranched alkanes of at least 4 members (excludes halogenated alkanes) is 1. The molecule has 0 aromatic heterocycles. The fourth-order valence-corrected chi connectivity index (χ4v) is 8.18. The number of nitrogens with two attached hydrogens (primary N) is 2. The first-order chi connectivity index (χ1) is 15.8. The van der Waals surface area contributed by atoms with Crippen molar-refractivity contribution >= 4 is 27.7 Å². The number of amides is 2. The molecule has 33 heavy (non-hydrogen) atoms. The Bertz CT molecular complexity index is 1000. The molecular formula is C26H33BrFN3O2. The third-order valence-electron chi connectivity index (χ3n) is 9.26. The van der Waals surface area contributed by atoms with Gasteiger partial charge in [-0.1, -0.05) is 24.6 Å². The van der Waals surface area contributed by atoms with Crippen LogP contribution in [0.15, 0.2) is 34.8 Å². The summed E-state index contributed by atoms with van der Waals surface area (Å²) in [4.78, 5) is 29.3. The van der Waals surface area contributed by atoms with Gasteiger partial charge in [0, 0.05) is 0 Å². The number of halogens is 2. The summed E-state index contributed by atoms with van der Waals surface area (Å²) in [5, 5.41) is 0. The van der Waals surface area contributed by atoms with Crippen molar-refractivity contribution in [1.29, 1.82) is 0 Å². The van der Waals surface area contributed by atoms with Crippen LogP contribution in [0.1, 0.15) is 50.5 Å². The minimum atomic E-state index is -1.10. The van der Waals surface area contributed by atoms with E-state index in [0.717, 1.165) is 50.9 Å². The summed E-state index contributed by atoms with van der Waals surface area (Å²) in [6.07, 6.45) is 11.4. The molecule has 4 N–H and O–H groups in total. The molecule has 1 spiro atoms. The molecule has 1 aromatic rings. The minimum Gasteiger partial charge on any atom is -0.369 e. The van der Waals surface area contributed by atoms with Gasteiger partial charge in [-0.15, -0.1) is 0 Å².